The first-order valence-corrected chi connectivity index (χ1v) is 9.75. The van der Waals surface area contributed by atoms with Gasteiger partial charge in [0.1, 0.15) is 6.04 Å². The second-order valence-corrected chi connectivity index (χ2v) is 7.83. The van der Waals surface area contributed by atoms with E-state index in [2.05, 4.69) is 13.8 Å². The number of hydrogen-bond acceptors (Lipinski definition) is 6. The van der Waals surface area contributed by atoms with Crippen LogP contribution in [0.5, 0.6) is 0 Å². The van der Waals surface area contributed by atoms with Crippen LogP contribution in [0.15, 0.2) is 24.3 Å². The second-order valence-electron chi connectivity index (χ2n) is 6.62. The van der Waals surface area contributed by atoms with Crippen molar-refractivity contribution in [1.82, 2.24) is 4.90 Å². The number of hydrogen-bond donors (Lipinski definition) is 0. The topological polar surface area (TPSA) is 89.8 Å². The van der Waals surface area contributed by atoms with Gasteiger partial charge in [-0.1, -0.05) is 26.8 Å². The SMILES string of the molecule is CCCOC(=O)[C@@H]1CS[C@H](CC(C)C)N1C(=O)c1cccc([N+](=O)[O-])c1. The summed E-state index contributed by atoms with van der Waals surface area (Å²) in [5.41, 5.74) is 0.0666. The van der Waals surface area contributed by atoms with Crippen LogP contribution in [0, 0.1) is 16.0 Å². The summed E-state index contributed by atoms with van der Waals surface area (Å²) in [4.78, 5) is 37.5. The maximum Gasteiger partial charge on any atom is 0.329 e. The zero-order valence-electron chi connectivity index (χ0n) is 15.2. The van der Waals surface area contributed by atoms with Gasteiger partial charge >= 0.3 is 5.97 Å². The van der Waals surface area contributed by atoms with Crippen LogP contribution >= 0.6 is 11.8 Å². The molecule has 1 aliphatic heterocycles. The highest BCUT2D eigenvalue weighted by Crippen LogP contribution is 2.35. The molecule has 1 fully saturated rings. The molecule has 0 N–H and O–H groups in total. The third-order valence-electron chi connectivity index (χ3n) is 4.02. The quantitative estimate of drug-likeness (QED) is 0.409. The summed E-state index contributed by atoms with van der Waals surface area (Å²) < 4.78 is 5.25. The van der Waals surface area contributed by atoms with Gasteiger partial charge in [0.15, 0.2) is 0 Å². The Labute approximate surface area is 157 Å². The molecule has 0 spiro atoms. The summed E-state index contributed by atoms with van der Waals surface area (Å²) in [5, 5.41) is 10.8. The molecule has 1 heterocycles. The van der Waals surface area contributed by atoms with E-state index in [1.54, 1.807) is 22.7 Å². The molecule has 8 heteroatoms. The number of non-ortho nitro benzene ring substituents is 1. The van der Waals surface area contributed by atoms with Gasteiger partial charge in [-0.15, -0.1) is 11.8 Å². The van der Waals surface area contributed by atoms with Crippen molar-refractivity contribution in [3.05, 3.63) is 39.9 Å². The van der Waals surface area contributed by atoms with Gasteiger partial charge in [0, 0.05) is 23.4 Å². The number of carbonyl (C=O) groups excluding carboxylic acids is 2. The molecule has 1 aromatic carbocycles. The van der Waals surface area contributed by atoms with Gasteiger partial charge in [0.25, 0.3) is 11.6 Å². The molecule has 1 amide bonds. The Kier molecular flexibility index (Phi) is 7.02. The number of rotatable bonds is 7. The standard InChI is InChI=1S/C18H24N2O5S/c1-4-8-25-18(22)15-11-26-16(9-12(2)3)19(15)17(21)13-6-5-7-14(10-13)20(23)24/h5-7,10,12,15-16H,4,8-9,11H2,1-3H3/t15-,16+/m0/s1. The van der Waals surface area contributed by atoms with Gasteiger partial charge in [-0.05, 0) is 24.8 Å². The minimum atomic E-state index is -0.665. The summed E-state index contributed by atoms with van der Waals surface area (Å²) >= 11 is 1.55. The van der Waals surface area contributed by atoms with Crippen LogP contribution in [0.1, 0.15) is 44.0 Å². The average Bonchev–Trinajstić information content (AvgIpc) is 3.01. The van der Waals surface area contributed by atoms with Gasteiger partial charge in [-0.3, -0.25) is 14.9 Å². The number of nitro benzene ring substituents is 1. The van der Waals surface area contributed by atoms with Crippen molar-refractivity contribution < 1.29 is 19.2 Å². The predicted octanol–water partition coefficient (Wildman–Crippen LogP) is 3.48. The molecule has 142 valence electrons. The van der Waals surface area contributed by atoms with Crippen molar-refractivity contribution in [2.75, 3.05) is 12.4 Å². The first-order valence-electron chi connectivity index (χ1n) is 8.70. The lowest BCUT2D eigenvalue weighted by molar-refractivity contribution is -0.384. The van der Waals surface area contributed by atoms with Crippen molar-refractivity contribution in [1.29, 1.82) is 0 Å². The van der Waals surface area contributed by atoms with E-state index < -0.39 is 16.9 Å². The summed E-state index contributed by atoms with van der Waals surface area (Å²) in [6.45, 7) is 6.33. The van der Waals surface area contributed by atoms with Crippen LogP contribution in [0.4, 0.5) is 5.69 Å². The summed E-state index contributed by atoms with van der Waals surface area (Å²) in [6, 6.07) is 4.96. The Morgan fingerprint density at radius 3 is 2.77 bits per heavy atom. The van der Waals surface area contributed by atoms with Crippen molar-refractivity contribution in [2.45, 2.75) is 45.0 Å². The molecule has 0 unspecified atom stereocenters. The summed E-state index contributed by atoms with van der Waals surface area (Å²) in [5.74, 6) is 0.0335. The molecule has 0 aromatic heterocycles. The van der Waals surface area contributed by atoms with E-state index in [9.17, 15) is 19.7 Å². The maximum absolute atomic E-state index is 13.1. The van der Waals surface area contributed by atoms with E-state index in [-0.39, 0.29) is 22.5 Å². The fourth-order valence-corrected chi connectivity index (χ4v) is 4.43. The molecular formula is C18H24N2O5S. The van der Waals surface area contributed by atoms with Crippen LogP contribution in [-0.4, -0.2) is 45.5 Å². The first kappa shape index (κ1) is 20.2. The fraction of sp³-hybridized carbons (Fsp3) is 0.556. The number of nitrogens with zero attached hydrogens (tertiary/aromatic N) is 2. The summed E-state index contributed by atoms with van der Waals surface area (Å²) in [6.07, 6.45) is 1.45. The number of thioether (sulfide) groups is 1. The Hall–Kier alpha value is -2.09. The Balaban J connectivity index is 2.30. The van der Waals surface area contributed by atoms with Crippen LogP contribution < -0.4 is 0 Å². The zero-order valence-corrected chi connectivity index (χ0v) is 16.0. The smallest absolute Gasteiger partial charge is 0.329 e. The Morgan fingerprint density at radius 1 is 1.42 bits per heavy atom. The number of amides is 1. The van der Waals surface area contributed by atoms with E-state index in [1.165, 1.54) is 18.2 Å². The normalized spacial score (nSPS) is 19.6. The number of carbonyl (C=O) groups is 2. The number of nitro groups is 1. The highest BCUT2D eigenvalue weighted by atomic mass is 32.2. The van der Waals surface area contributed by atoms with Crippen molar-refractivity contribution in [2.24, 2.45) is 5.92 Å². The number of benzene rings is 1. The van der Waals surface area contributed by atoms with E-state index in [0.29, 0.717) is 24.7 Å². The lowest BCUT2D eigenvalue weighted by atomic mass is 10.1. The fourth-order valence-electron chi connectivity index (χ4n) is 2.80. The minimum Gasteiger partial charge on any atom is -0.464 e. The lowest BCUT2D eigenvalue weighted by Gasteiger charge is -2.29. The van der Waals surface area contributed by atoms with E-state index in [0.717, 1.165) is 6.42 Å². The highest BCUT2D eigenvalue weighted by Gasteiger charge is 2.43. The molecular weight excluding hydrogens is 356 g/mol. The Bertz CT molecular complexity index is 679. The monoisotopic (exact) mass is 380 g/mol. The van der Waals surface area contributed by atoms with Gasteiger partial charge in [-0.25, -0.2) is 4.79 Å². The molecule has 1 saturated heterocycles. The van der Waals surface area contributed by atoms with Gasteiger partial charge in [-0.2, -0.15) is 0 Å². The highest BCUT2D eigenvalue weighted by molar-refractivity contribution is 8.00. The second kappa shape index (κ2) is 9.02. The van der Waals surface area contributed by atoms with E-state index in [4.69, 9.17) is 4.74 Å². The zero-order chi connectivity index (χ0) is 19.3. The molecule has 0 radical (unpaired) electrons. The van der Waals surface area contributed by atoms with Crippen LogP contribution in [0.2, 0.25) is 0 Å². The predicted molar refractivity (Wildman–Crippen MR) is 100 cm³/mol. The van der Waals surface area contributed by atoms with E-state index in [1.807, 2.05) is 6.92 Å². The van der Waals surface area contributed by atoms with Crippen LogP contribution in [0.25, 0.3) is 0 Å². The van der Waals surface area contributed by atoms with Crippen LogP contribution in [0.3, 0.4) is 0 Å². The van der Waals surface area contributed by atoms with Gasteiger partial charge in [0.05, 0.1) is 16.9 Å². The molecule has 0 aliphatic carbocycles. The molecule has 7 nitrogen and oxygen atoms in total. The molecule has 2 rings (SSSR count). The third-order valence-corrected chi connectivity index (χ3v) is 5.34. The summed E-state index contributed by atoms with van der Waals surface area (Å²) in [7, 11) is 0. The van der Waals surface area contributed by atoms with Crippen molar-refractivity contribution in [3.8, 4) is 0 Å². The minimum absolute atomic E-state index is 0.145. The van der Waals surface area contributed by atoms with Gasteiger partial charge < -0.3 is 9.64 Å². The van der Waals surface area contributed by atoms with Gasteiger partial charge in [0.2, 0.25) is 0 Å². The van der Waals surface area contributed by atoms with Crippen molar-refractivity contribution >= 4 is 29.3 Å². The third kappa shape index (κ3) is 4.75. The maximum atomic E-state index is 13.1. The Morgan fingerprint density at radius 2 is 2.15 bits per heavy atom. The molecule has 2 atom stereocenters. The molecule has 1 aromatic rings. The molecule has 0 saturated carbocycles. The van der Waals surface area contributed by atoms with Crippen LogP contribution in [-0.2, 0) is 9.53 Å². The molecule has 26 heavy (non-hydrogen) atoms. The molecule has 1 aliphatic rings. The largest absolute Gasteiger partial charge is 0.464 e. The average molecular weight is 380 g/mol. The number of esters is 1. The lowest BCUT2D eigenvalue weighted by Crippen LogP contribution is -2.46. The van der Waals surface area contributed by atoms with E-state index >= 15 is 0 Å². The number of ether oxygens (including phenoxy) is 1. The van der Waals surface area contributed by atoms with Crippen molar-refractivity contribution in [3.63, 3.8) is 0 Å². The molecule has 0 bridgehead atoms. The first-order chi connectivity index (χ1) is 12.3.